The molecule has 2 atom stereocenters. The number of hydrogen-bond donors (Lipinski definition) is 1. The lowest BCUT2D eigenvalue weighted by atomic mass is 9.87. The van der Waals surface area contributed by atoms with Crippen LogP contribution in [0.1, 0.15) is 72.6 Å². The highest BCUT2D eigenvalue weighted by Crippen LogP contribution is 2.29. The molecule has 2 unspecified atom stereocenters. The fourth-order valence-corrected chi connectivity index (χ4v) is 5.13. The van der Waals surface area contributed by atoms with E-state index in [2.05, 4.69) is 76.2 Å². The van der Waals surface area contributed by atoms with E-state index >= 15 is 0 Å². The van der Waals surface area contributed by atoms with Crippen molar-refractivity contribution in [2.24, 2.45) is 0 Å². The van der Waals surface area contributed by atoms with Crippen LogP contribution in [0.5, 0.6) is 0 Å². The molecule has 0 aliphatic carbocycles. The molecule has 1 N–H and O–H groups in total. The Morgan fingerprint density at radius 2 is 1.66 bits per heavy atom. The van der Waals surface area contributed by atoms with Gasteiger partial charge in [-0.15, -0.1) is 11.4 Å². The first-order chi connectivity index (χ1) is 15.4. The summed E-state index contributed by atoms with van der Waals surface area (Å²) in [5.74, 6) is 0.905. The standard InChI is InChI=1S/C29H37OPS/c1-6-11-25-17-22(14-15-24(25)8-3)13-10-16-29(5,30)20-23-18-26(12-7-2)28(9-4)27(19-23)21-32-31/h6-9,11-12,14-15,17-19,30H,3-4,10,13,16,20-21,31H2,1-2,5H3/b11-6-,12-7-. The molecule has 0 fully saturated rings. The Labute approximate surface area is 201 Å². The van der Waals surface area contributed by atoms with Gasteiger partial charge in [0.2, 0.25) is 0 Å². The number of aliphatic hydroxyl groups is 1. The highest BCUT2D eigenvalue weighted by molar-refractivity contribution is 8.43. The second-order valence-electron chi connectivity index (χ2n) is 8.47. The van der Waals surface area contributed by atoms with Crippen molar-refractivity contribution in [2.45, 2.75) is 57.8 Å². The van der Waals surface area contributed by atoms with Crippen molar-refractivity contribution < 1.29 is 5.11 Å². The van der Waals surface area contributed by atoms with Gasteiger partial charge in [-0.1, -0.05) is 88.4 Å². The van der Waals surface area contributed by atoms with Crippen LogP contribution in [-0.2, 0) is 18.6 Å². The van der Waals surface area contributed by atoms with Crippen LogP contribution in [0.25, 0.3) is 24.3 Å². The number of hydrogen-bond acceptors (Lipinski definition) is 2. The highest BCUT2D eigenvalue weighted by Gasteiger charge is 2.21. The molecule has 0 saturated heterocycles. The minimum atomic E-state index is -0.749. The van der Waals surface area contributed by atoms with Gasteiger partial charge in [-0.3, -0.25) is 0 Å². The molecule has 0 saturated carbocycles. The molecule has 3 heteroatoms. The Morgan fingerprint density at radius 1 is 0.969 bits per heavy atom. The summed E-state index contributed by atoms with van der Waals surface area (Å²) in [5.41, 5.74) is 7.69. The zero-order chi connectivity index (χ0) is 23.6. The van der Waals surface area contributed by atoms with E-state index in [0.29, 0.717) is 6.42 Å². The third-order valence-corrected chi connectivity index (χ3v) is 6.61. The van der Waals surface area contributed by atoms with Crippen LogP contribution in [0.2, 0.25) is 0 Å². The summed E-state index contributed by atoms with van der Waals surface area (Å²) >= 11 is 1.73. The molecule has 0 aliphatic rings. The number of benzene rings is 2. The molecule has 0 bridgehead atoms. The predicted octanol–water partition coefficient (Wildman–Crippen LogP) is 8.38. The van der Waals surface area contributed by atoms with Crippen molar-refractivity contribution in [3.05, 3.63) is 94.6 Å². The summed E-state index contributed by atoms with van der Waals surface area (Å²) in [5, 5.41) is 11.2. The smallest absolute Gasteiger partial charge is 0.0660 e. The first-order valence-electron chi connectivity index (χ1n) is 11.2. The Balaban J connectivity index is 2.12. The summed E-state index contributed by atoms with van der Waals surface area (Å²) in [6.07, 6.45) is 15.5. The quantitative estimate of drug-likeness (QED) is 0.318. The van der Waals surface area contributed by atoms with Gasteiger partial charge in [0.15, 0.2) is 0 Å². The number of allylic oxidation sites excluding steroid dienone is 2. The Kier molecular flexibility index (Phi) is 10.7. The van der Waals surface area contributed by atoms with Crippen molar-refractivity contribution in [2.75, 3.05) is 0 Å². The molecule has 1 nitrogen and oxygen atoms in total. The van der Waals surface area contributed by atoms with Crippen LogP contribution in [0, 0.1) is 0 Å². The van der Waals surface area contributed by atoms with Gasteiger partial charge in [0.05, 0.1) is 5.60 Å². The molecule has 0 heterocycles. The van der Waals surface area contributed by atoms with Gasteiger partial charge in [-0.2, -0.15) is 0 Å². The van der Waals surface area contributed by atoms with Crippen LogP contribution in [0.3, 0.4) is 0 Å². The molecule has 0 aromatic heterocycles. The molecular formula is C29H37OPS. The van der Waals surface area contributed by atoms with Crippen molar-refractivity contribution >= 4 is 44.1 Å². The van der Waals surface area contributed by atoms with Crippen LogP contribution < -0.4 is 0 Å². The molecule has 2 aromatic rings. The average Bonchev–Trinajstić information content (AvgIpc) is 2.74. The van der Waals surface area contributed by atoms with E-state index in [9.17, 15) is 5.11 Å². The first kappa shape index (κ1) is 26.4. The first-order valence-corrected chi connectivity index (χ1v) is 13.7. The fraction of sp³-hybridized carbons (Fsp3) is 0.310. The lowest BCUT2D eigenvalue weighted by Gasteiger charge is -2.24. The van der Waals surface area contributed by atoms with E-state index < -0.39 is 5.60 Å². The van der Waals surface area contributed by atoms with Gasteiger partial charge >= 0.3 is 0 Å². The number of aryl methyl sites for hydroxylation is 1. The van der Waals surface area contributed by atoms with E-state index in [-0.39, 0.29) is 0 Å². The van der Waals surface area contributed by atoms with Gasteiger partial charge in [-0.05, 0) is 79.0 Å². The van der Waals surface area contributed by atoms with Gasteiger partial charge in [0, 0.05) is 12.2 Å². The van der Waals surface area contributed by atoms with E-state index in [4.69, 9.17) is 0 Å². The third kappa shape index (κ3) is 7.62. The van der Waals surface area contributed by atoms with Gasteiger partial charge < -0.3 is 5.11 Å². The van der Waals surface area contributed by atoms with Crippen LogP contribution in [0.4, 0.5) is 0 Å². The third-order valence-electron chi connectivity index (χ3n) is 5.63. The van der Waals surface area contributed by atoms with Crippen molar-refractivity contribution in [3.63, 3.8) is 0 Å². The summed E-state index contributed by atoms with van der Waals surface area (Å²) in [4.78, 5) is 0. The zero-order valence-electron chi connectivity index (χ0n) is 19.7. The monoisotopic (exact) mass is 464 g/mol. The molecule has 2 rings (SSSR count). The van der Waals surface area contributed by atoms with Crippen LogP contribution in [0.15, 0.2) is 55.6 Å². The maximum absolute atomic E-state index is 11.2. The van der Waals surface area contributed by atoms with Gasteiger partial charge in [-0.25, -0.2) is 0 Å². The maximum Gasteiger partial charge on any atom is 0.0660 e. The Morgan fingerprint density at radius 3 is 2.28 bits per heavy atom. The average molecular weight is 465 g/mol. The molecule has 32 heavy (non-hydrogen) atoms. The normalized spacial score (nSPS) is 13.5. The zero-order valence-corrected chi connectivity index (χ0v) is 21.7. The van der Waals surface area contributed by atoms with Crippen molar-refractivity contribution in [1.82, 2.24) is 0 Å². The molecular weight excluding hydrogens is 427 g/mol. The molecule has 170 valence electrons. The van der Waals surface area contributed by atoms with E-state index in [1.165, 1.54) is 33.4 Å². The minimum absolute atomic E-state index is 0.642. The van der Waals surface area contributed by atoms with Crippen LogP contribution in [-0.4, -0.2) is 10.7 Å². The predicted molar refractivity (Wildman–Crippen MR) is 151 cm³/mol. The summed E-state index contributed by atoms with van der Waals surface area (Å²) in [7, 11) is 2.73. The Hall–Kier alpha value is -1.86. The molecule has 0 radical (unpaired) electrons. The molecule has 0 spiro atoms. The maximum atomic E-state index is 11.2. The largest absolute Gasteiger partial charge is 0.390 e. The van der Waals surface area contributed by atoms with E-state index in [1.54, 1.807) is 11.4 Å². The number of rotatable bonds is 12. The fourth-order valence-electron chi connectivity index (χ4n) is 4.17. The molecule has 2 aromatic carbocycles. The molecule has 0 aliphatic heterocycles. The highest BCUT2D eigenvalue weighted by atomic mass is 32.7. The topological polar surface area (TPSA) is 20.2 Å². The van der Waals surface area contributed by atoms with Crippen molar-refractivity contribution in [3.8, 4) is 0 Å². The van der Waals surface area contributed by atoms with E-state index in [0.717, 1.165) is 30.6 Å². The van der Waals surface area contributed by atoms with Crippen molar-refractivity contribution in [1.29, 1.82) is 0 Å². The van der Waals surface area contributed by atoms with Gasteiger partial charge in [0.1, 0.15) is 0 Å². The summed E-state index contributed by atoms with van der Waals surface area (Å²) in [6.45, 7) is 13.9. The lowest BCUT2D eigenvalue weighted by molar-refractivity contribution is 0.0493. The SMILES string of the molecule is C=Cc1ccc(CCCC(C)(O)Cc2cc(/C=C\C)c(C=C)c(CSP)c2)cc1/C=C\C. The second-order valence-corrected chi connectivity index (χ2v) is 10.1. The summed E-state index contributed by atoms with van der Waals surface area (Å²) in [6, 6.07) is 11.0. The van der Waals surface area contributed by atoms with E-state index in [1.807, 2.05) is 32.9 Å². The molecule has 0 amide bonds. The van der Waals surface area contributed by atoms with Crippen LogP contribution >= 0.6 is 19.8 Å². The minimum Gasteiger partial charge on any atom is -0.390 e. The summed E-state index contributed by atoms with van der Waals surface area (Å²) < 4.78 is 0. The van der Waals surface area contributed by atoms with Gasteiger partial charge in [0.25, 0.3) is 0 Å². The Bertz CT molecular complexity index is 985. The lowest BCUT2D eigenvalue weighted by Crippen LogP contribution is -2.27. The second kappa shape index (κ2) is 13.0.